The highest BCUT2D eigenvalue weighted by atomic mass is 16.1. The molecular weight excluding hydrogens is 186 g/mol. The van der Waals surface area contributed by atoms with Crippen molar-refractivity contribution in [2.75, 3.05) is 6.54 Å². The van der Waals surface area contributed by atoms with Gasteiger partial charge in [0, 0.05) is 6.54 Å². The van der Waals surface area contributed by atoms with Gasteiger partial charge in [0.05, 0.1) is 6.42 Å². The van der Waals surface area contributed by atoms with Crippen molar-refractivity contribution < 1.29 is 4.79 Å². The first-order valence-electron chi connectivity index (χ1n) is 5.46. The van der Waals surface area contributed by atoms with E-state index in [9.17, 15) is 4.79 Å². The summed E-state index contributed by atoms with van der Waals surface area (Å²) in [5, 5.41) is 2.88. The highest BCUT2D eigenvalue weighted by Gasteiger charge is 2.04. The van der Waals surface area contributed by atoms with Crippen molar-refractivity contribution >= 4 is 5.91 Å². The molecule has 0 aromatic heterocycles. The van der Waals surface area contributed by atoms with E-state index in [1.165, 1.54) is 11.1 Å². The molecule has 0 spiro atoms. The van der Waals surface area contributed by atoms with Gasteiger partial charge in [0.2, 0.25) is 5.91 Å². The topological polar surface area (TPSA) is 29.1 Å². The van der Waals surface area contributed by atoms with E-state index in [2.05, 4.69) is 38.2 Å². The fourth-order valence-electron chi connectivity index (χ4n) is 1.54. The first kappa shape index (κ1) is 11.8. The molecule has 2 nitrogen and oxygen atoms in total. The van der Waals surface area contributed by atoms with Gasteiger partial charge in [0.1, 0.15) is 0 Å². The SMILES string of the molecule is CCCNC(=O)Cc1ccc(C)cc1C. The Morgan fingerprint density at radius 3 is 2.67 bits per heavy atom. The maximum Gasteiger partial charge on any atom is 0.224 e. The maximum atomic E-state index is 11.5. The Bertz CT molecular complexity index is 344. The summed E-state index contributed by atoms with van der Waals surface area (Å²) in [6.07, 6.45) is 1.48. The normalized spacial score (nSPS) is 10.1. The van der Waals surface area contributed by atoms with Gasteiger partial charge < -0.3 is 5.32 Å². The highest BCUT2D eigenvalue weighted by Crippen LogP contribution is 2.10. The van der Waals surface area contributed by atoms with Crippen LogP contribution in [0.3, 0.4) is 0 Å². The highest BCUT2D eigenvalue weighted by molar-refractivity contribution is 5.78. The fourth-order valence-corrected chi connectivity index (χ4v) is 1.54. The second kappa shape index (κ2) is 5.54. The molecule has 0 saturated heterocycles. The second-order valence-corrected chi connectivity index (χ2v) is 3.96. The van der Waals surface area contributed by atoms with Crippen LogP contribution in [-0.4, -0.2) is 12.5 Å². The molecule has 0 aliphatic heterocycles. The van der Waals surface area contributed by atoms with E-state index in [1.54, 1.807) is 0 Å². The lowest BCUT2D eigenvalue weighted by Crippen LogP contribution is -2.25. The number of rotatable bonds is 4. The zero-order valence-electron chi connectivity index (χ0n) is 9.76. The molecular formula is C13H19NO. The number of amides is 1. The standard InChI is InChI=1S/C13H19NO/c1-4-7-14-13(15)9-12-6-5-10(2)8-11(12)3/h5-6,8H,4,7,9H2,1-3H3,(H,14,15). The summed E-state index contributed by atoms with van der Waals surface area (Å²) in [4.78, 5) is 11.5. The Kier molecular flexibility index (Phi) is 4.35. The van der Waals surface area contributed by atoms with E-state index in [1.807, 2.05) is 6.07 Å². The van der Waals surface area contributed by atoms with Gasteiger partial charge in [-0.1, -0.05) is 30.7 Å². The van der Waals surface area contributed by atoms with Crippen LogP contribution in [-0.2, 0) is 11.2 Å². The Balaban J connectivity index is 2.60. The quantitative estimate of drug-likeness (QED) is 0.803. The summed E-state index contributed by atoms with van der Waals surface area (Å²) in [6, 6.07) is 6.20. The van der Waals surface area contributed by atoms with Gasteiger partial charge in [-0.3, -0.25) is 4.79 Å². The minimum atomic E-state index is 0.115. The van der Waals surface area contributed by atoms with E-state index in [0.717, 1.165) is 18.5 Å². The number of carbonyl (C=O) groups excluding carboxylic acids is 1. The van der Waals surface area contributed by atoms with Gasteiger partial charge in [-0.05, 0) is 31.4 Å². The first-order chi connectivity index (χ1) is 7.13. The third-order valence-corrected chi connectivity index (χ3v) is 2.42. The van der Waals surface area contributed by atoms with E-state index >= 15 is 0 Å². The minimum absolute atomic E-state index is 0.115. The van der Waals surface area contributed by atoms with Crippen molar-refractivity contribution in [1.82, 2.24) is 5.32 Å². The predicted octanol–water partition coefficient (Wildman–Crippen LogP) is 2.37. The molecule has 0 aliphatic carbocycles. The maximum absolute atomic E-state index is 11.5. The van der Waals surface area contributed by atoms with Crippen molar-refractivity contribution in [2.45, 2.75) is 33.6 Å². The summed E-state index contributed by atoms with van der Waals surface area (Å²) in [7, 11) is 0. The van der Waals surface area contributed by atoms with Gasteiger partial charge in [0.25, 0.3) is 0 Å². The van der Waals surface area contributed by atoms with Crippen molar-refractivity contribution in [3.63, 3.8) is 0 Å². The minimum Gasteiger partial charge on any atom is -0.356 e. The van der Waals surface area contributed by atoms with Gasteiger partial charge in [-0.2, -0.15) is 0 Å². The van der Waals surface area contributed by atoms with Crippen LogP contribution in [0.5, 0.6) is 0 Å². The molecule has 1 aromatic carbocycles. The second-order valence-electron chi connectivity index (χ2n) is 3.96. The van der Waals surface area contributed by atoms with Gasteiger partial charge in [-0.15, -0.1) is 0 Å². The summed E-state index contributed by atoms with van der Waals surface area (Å²) in [6.45, 7) is 6.94. The fraction of sp³-hybridized carbons (Fsp3) is 0.462. The summed E-state index contributed by atoms with van der Waals surface area (Å²) in [5.41, 5.74) is 3.56. The molecule has 0 fully saturated rings. The largest absolute Gasteiger partial charge is 0.356 e. The molecule has 1 rings (SSSR count). The molecule has 0 heterocycles. The molecule has 0 bridgehead atoms. The average Bonchev–Trinajstić information content (AvgIpc) is 2.19. The molecule has 1 aromatic rings. The van der Waals surface area contributed by atoms with Crippen LogP contribution in [0, 0.1) is 13.8 Å². The van der Waals surface area contributed by atoms with Crippen LogP contribution < -0.4 is 5.32 Å². The Hall–Kier alpha value is -1.31. The Labute approximate surface area is 91.7 Å². The molecule has 0 aliphatic rings. The first-order valence-corrected chi connectivity index (χ1v) is 5.46. The Morgan fingerprint density at radius 2 is 2.07 bits per heavy atom. The van der Waals surface area contributed by atoms with Crippen molar-refractivity contribution in [2.24, 2.45) is 0 Å². The smallest absolute Gasteiger partial charge is 0.224 e. The van der Waals surface area contributed by atoms with E-state index in [0.29, 0.717) is 6.42 Å². The Morgan fingerprint density at radius 1 is 1.33 bits per heavy atom. The summed E-state index contributed by atoms with van der Waals surface area (Å²) >= 11 is 0. The lowest BCUT2D eigenvalue weighted by atomic mass is 10.0. The zero-order valence-corrected chi connectivity index (χ0v) is 9.76. The van der Waals surface area contributed by atoms with Crippen molar-refractivity contribution in [3.8, 4) is 0 Å². The number of nitrogens with one attached hydrogen (secondary N) is 1. The van der Waals surface area contributed by atoms with E-state index in [4.69, 9.17) is 0 Å². The predicted molar refractivity (Wildman–Crippen MR) is 62.9 cm³/mol. The number of aryl methyl sites for hydroxylation is 2. The molecule has 0 saturated carbocycles. The molecule has 2 heteroatoms. The zero-order chi connectivity index (χ0) is 11.3. The number of hydrogen-bond donors (Lipinski definition) is 1. The lowest BCUT2D eigenvalue weighted by molar-refractivity contribution is -0.120. The average molecular weight is 205 g/mol. The number of hydrogen-bond acceptors (Lipinski definition) is 1. The van der Waals surface area contributed by atoms with E-state index in [-0.39, 0.29) is 5.91 Å². The van der Waals surface area contributed by atoms with E-state index < -0.39 is 0 Å². The molecule has 0 atom stereocenters. The molecule has 0 radical (unpaired) electrons. The van der Waals surface area contributed by atoms with Crippen molar-refractivity contribution in [3.05, 3.63) is 34.9 Å². The van der Waals surface area contributed by atoms with Crippen LogP contribution >= 0.6 is 0 Å². The third kappa shape index (κ3) is 3.74. The molecule has 1 amide bonds. The van der Waals surface area contributed by atoms with Gasteiger partial charge in [0.15, 0.2) is 0 Å². The summed E-state index contributed by atoms with van der Waals surface area (Å²) < 4.78 is 0. The monoisotopic (exact) mass is 205 g/mol. The lowest BCUT2D eigenvalue weighted by Gasteiger charge is -2.07. The summed E-state index contributed by atoms with van der Waals surface area (Å²) in [5.74, 6) is 0.115. The third-order valence-electron chi connectivity index (χ3n) is 2.42. The molecule has 0 unspecified atom stereocenters. The van der Waals surface area contributed by atoms with Gasteiger partial charge in [-0.25, -0.2) is 0 Å². The van der Waals surface area contributed by atoms with Crippen LogP contribution in [0.2, 0.25) is 0 Å². The van der Waals surface area contributed by atoms with Crippen LogP contribution in [0.1, 0.15) is 30.0 Å². The molecule has 82 valence electrons. The number of benzene rings is 1. The molecule has 15 heavy (non-hydrogen) atoms. The van der Waals surface area contributed by atoms with Crippen molar-refractivity contribution in [1.29, 1.82) is 0 Å². The number of carbonyl (C=O) groups is 1. The van der Waals surface area contributed by atoms with Crippen LogP contribution in [0.25, 0.3) is 0 Å². The van der Waals surface area contributed by atoms with Crippen LogP contribution in [0.15, 0.2) is 18.2 Å². The van der Waals surface area contributed by atoms with Gasteiger partial charge >= 0.3 is 0 Å². The van der Waals surface area contributed by atoms with Crippen LogP contribution in [0.4, 0.5) is 0 Å². The molecule has 1 N–H and O–H groups in total.